The van der Waals surface area contributed by atoms with Gasteiger partial charge in [0.25, 0.3) is 0 Å². The van der Waals surface area contributed by atoms with Gasteiger partial charge in [-0.2, -0.15) is 0 Å². The Morgan fingerprint density at radius 2 is 2.21 bits per heavy atom. The molecule has 0 saturated heterocycles. The topological polar surface area (TPSA) is 66.9 Å². The molecular weight excluding hydrogens is 368 g/mol. The van der Waals surface area contributed by atoms with Gasteiger partial charge >= 0.3 is 6.03 Å². The lowest BCUT2D eigenvalue weighted by molar-refractivity contribution is 0.252. The zero-order chi connectivity index (χ0) is 19.9. The van der Waals surface area contributed by atoms with E-state index >= 15 is 0 Å². The monoisotopic (exact) mass is 390 g/mol. The van der Waals surface area contributed by atoms with Gasteiger partial charge in [-0.3, -0.25) is 10.3 Å². The Balaban J connectivity index is 2.17. The summed E-state index contributed by atoms with van der Waals surface area (Å²) >= 11 is 1.45. The smallest absolute Gasteiger partial charge is 0.321 e. The second kappa shape index (κ2) is 9.10. The predicted molar refractivity (Wildman–Crippen MR) is 119 cm³/mol. The van der Waals surface area contributed by atoms with Crippen LogP contribution in [0.4, 0.5) is 9.93 Å². The Morgan fingerprint density at radius 3 is 2.89 bits per heavy atom. The van der Waals surface area contributed by atoms with Crippen LogP contribution in [-0.2, 0) is 0 Å². The molecule has 1 aromatic carbocycles. The van der Waals surface area contributed by atoms with Crippen molar-refractivity contribution in [3.05, 3.63) is 73.1 Å². The van der Waals surface area contributed by atoms with Crippen molar-refractivity contribution in [1.82, 2.24) is 15.3 Å². The van der Waals surface area contributed by atoms with Gasteiger partial charge in [-0.25, -0.2) is 9.78 Å². The third-order valence-corrected chi connectivity index (χ3v) is 5.06. The number of nitrogens with zero attached hydrogens (tertiary/aromatic N) is 2. The second-order valence-corrected chi connectivity index (χ2v) is 6.97. The molecule has 6 heteroatoms. The highest BCUT2D eigenvalue weighted by molar-refractivity contribution is 7.22. The van der Waals surface area contributed by atoms with Gasteiger partial charge in [0.2, 0.25) is 0 Å². The van der Waals surface area contributed by atoms with E-state index in [0.29, 0.717) is 11.7 Å². The third kappa shape index (κ3) is 4.35. The molecule has 0 saturated carbocycles. The van der Waals surface area contributed by atoms with E-state index in [1.54, 1.807) is 6.20 Å². The summed E-state index contributed by atoms with van der Waals surface area (Å²) in [4.78, 5) is 20.8. The van der Waals surface area contributed by atoms with Crippen LogP contribution in [0, 0.1) is 0 Å². The summed E-state index contributed by atoms with van der Waals surface area (Å²) in [5, 5.41) is 6.08. The molecule has 2 N–H and O–H groups in total. The van der Waals surface area contributed by atoms with Gasteiger partial charge in [0, 0.05) is 30.1 Å². The minimum absolute atomic E-state index is 0.260. The molecule has 28 heavy (non-hydrogen) atoms. The number of allylic oxidation sites excluding steroid dienone is 5. The van der Waals surface area contributed by atoms with Crippen LogP contribution in [0.3, 0.4) is 0 Å². The normalized spacial score (nSPS) is 11.7. The van der Waals surface area contributed by atoms with E-state index in [0.717, 1.165) is 32.5 Å². The number of urea groups is 1. The average molecular weight is 391 g/mol. The van der Waals surface area contributed by atoms with E-state index in [9.17, 15) is 4.79 Å². The van der Waals surface area contributed by atoms with E-state index in [-0.39, 0.29) is 6.03 Å². The largest absolute Gasteiger partial charge is 0.338 e. The van der Waals surface area contributed by atoms with Gasteiger partial charge in [0.1, 0.15) is 0 Å². The standard InChI is InChI=1S/C22H22N4OS/c1-4-7-9-15(5-2)17-12-18(16-10-8-11-23-14-16)20-19(13-17)25-22(28-20)26-21(27)24-6-3/h4-5,7-14H,2,6H2,1,3H3,(H2,24,25,26,27)/b7-4-,15-9+. The molecule has 3 aromatic rings. The Morgan fingerprint density at radius 1 is 1.36 bits per heavy atom. The molecule has 2 amide bonds. The number of anilines is 1. The van der Waals surface area contributed by atoms with E-state index < -0.39 is 0 Å². The summed E-state index contributed by atoms with van der Waals surface area (Å²) in [5.41, 5.74) is 4.85. The summed E-state index contributed by atoms with van der Waals surface area (Å²) in [6, 6.07) is 7.80. The number of benzene rings is 1. The molecule has 0 aliphatic rings. The highest BCUT2D eigenvalue weighted by atomic mass is 32.1. The number of hydrogen-bond donors (Lipinski definition) is 2. The minimum atomic E-state index is -0.260. The zero-order valence-electron chi connectivity index (χ0n) is 15.9. The first-order valence-electron chi connectivity index (χ1n) is 9.01. The fourth-order valence-corrected chi connectivity index (χ4v) is 3.75. The first-order chi connectivity index (χ1) is 13.7. The van der Waals surface area contributed by atoms with E-state index in [2.05, 4.69) is 33.2 Å². The molecular formula is C22H22N4OS. The van der Waals surface area contributed by atoms with Crippen LogP contribution in [0.2, 0.25) is 0 Å². The van der Waals surface area contributed by atoms with Crippen LogP contribution in [0.15, 0.2) is 67.5 Å². The molecule has 0 aliphatic carbocycles. The van der Waals surface area contributed by atoms with Gasteiger partial charge in [0.15, 0.2) is 5.13 Å². The first-order valence-corrected chi connectivity index (χ1v) is 9.83. The molecule has 0 atom stereocenters. The zero-order valence-corrected chi connectivity index (χ0v) is 16.7. The number of aromatic nitrogens is 2. The van der Waals surface area contributed by atoms with Crippen molar-refractivity contribution in [2.75, 3.05) is 11.9 Å². The van der Waals surface area contributed by atoms with E-state index in [1.165, 1.54) is 11.3 Å². The number of hydrogen-bond acceptors (Lipinski definition) is 4. The van der Waals surface area contributed by atoms with Gasteiger partial charge in [-0.15, -0.1) is 0 Å². The highest BCUT2D eigenvalue weighted by Gasteiger charge is 2.14. The Kier molecular flexibility index (Phi) is 6.34. The Hall–Kier alpha value is -3.25. The SMILES string of the molecule is C=C/C(=C\C=C/C)c1cc(-c2cccnc2)c2sc(NC(=O)NCC)nc2c1. The summed E-state index contributed by atoms with van der Waals surface area (Å²) in [7, 11) is 0. The quantitative estimate of drug-likeness (QED) is 0.535. The van der Waals surface area contributed by atoms with Gasteiger partial charge in [0.05, 0.1) is 10.2 Å². The lowest BCUT2D eigenvalue weighted by atomic mass is 9.99. The predicted octanol–water partition coefficient (Wildman–Crippen LogP) is 5.65. The number of amides is 2. The molecule has 5 nitrogen and oxygen atoms in total. The highest BCUT2D eigenvalue weighted by Crippen LogP contribution is 2.37. The summed E-state index contributed by atoms with van der Waals surface area (Å²) in [5.74, 6) is 0. The number of rotatable bonds is 6. The number of carbonyl (C=O) groups excluding carboxylic acids is 1. The van der Waals surface area contributed by atoms with Crippen LogP contribution < -0.4 is 10.6 Å². The lowest BCUT2D eigenvalue weighted by Crippen LogP contribution is -2.28. The fraction of sp³-hybridized carbons (Fsp3) is 0.136. The molecule has 0 unspecified atom stereocenters. The molecule has 3 rings (SSSR count). The maximum atomic E-state index is 11.9. The van der Waals surface area contributed by atoms with Crippen LogP contribution >= 0.6 is 11.3 Å². The van der Waals surface area contributed by atoms with Crippen LogP contribution in [0.1, 0.15) is 19.4 Å². The van der Waals surface area contributed by atoms with Crippen molar-refractivity contribution < 1.29 is 4.79 Å². The van der Waals surface area contributed by atoms with Crippen molar-refractivity contribution >= 4 is 38.3 Å². The number of thiazole rings is 1. The number of pyridine rings is 1. The number of fused-ring (bicyclic) bond motifs is 1. The van der Waals surface area contributed by atoms with Crippen molar-refractivity contribution in [3.8, 4) is 11.1 Å². The molecule has 142 valence electrons. The minimum Gasteiger partial charge on any atom is -0.338 e. The lowest BCUT2D eigenvalue weighted by Gasteiger charge is -2.08. The van der Waals surface area contributed by atoms with Crippen LogP contribution in [0.25, 0.3) is 26.9 Å². The first kappa shape index (κ1) is 19.5. The molecule has 2 heterocycles. The maximum Gasteiger partial charge on any atom is 0.321 e. The number of carbonyl (C=O) groups is 1. The van der Waals surface area contributed by atoms with Crippen LogP contribution in [-0.4, -0.2) is 22.5 Å². The Labute approximate surface area is 168 Å². The van der Waals surface area contributed by atoms with Crippen molar-refractivity contribution in [1.29, 1.82) is 0 Å². The number of nitrogens with one attached hydrogen (secondary N) is 2. The maximum absolute atomic E-state index is 11.9. The van der Waals surface area contributed by atoms with E-state index in [1.807, 2.05) is 62.5 Å². The summed E-state index contributed by atoms with van der Waals surface area (Å²) in [6.07, 6.45) is 11.4. The molecule has 0 fully saturated rings. The summed E-state index contributed by atoms with van der Waals surface area (Å²) < 4.78 is 0.998. The molecule has 0 radical (unpaired) electrons. The van der Waals surface area contributed by atoms with Crippen LogP contribution in [0.5, 0.6) is 0 Å². The van der Waals surface area contributed by atoms with Gasteiger partial charge in [-0.1, -0.05) is 48.3 Å². The molecule has 0 spiro atoms. The fourth-order valence-electron chi connectivity index (χ4n) is 2.77. The second-order valence-electron chi connectivity index (χ2n) is 5.97. The van der Waals surface area contributed by atoms with Gasteiger partial charge < -0.3 is 5.32 Å². The van der Waals surface area contributed by atoms with Crippen molar-refractivity contribution in [3.63, 3.8) is 0 Å². The average Bonchev–Trinajstić information content (AvgIpc) is 3.11. The molecule has 0 aliphatic heterocycles. The van der Waals surface area contributed by atoms with E-state index in [4.69, 9.17) is 0 Å². The van der Waals surface area contributed by atoms with Crippen molar-refractivity contribution in [2.24, 2.45) is 0 Å². The molecule has 2 aromatic heterocycles. The summed E-state index contributed by atoms with van der Waals surface area (Å²) in [6.45, 7) is 8.34. The Bertz CT molecular complexity index is 1050. The van der Waals surface area contributed by atoms with Gasteiger partial charge in [-0.05, 0) is 43.2 Å². The van der Waals surface area contributed by atoms with Crippen molar-refractivity contribution in [2.45, 2.75) is 13.8 Å². The third-order valence-electron chi connectivity index (χ3n) is 4.04. The molecule has 0 bridgehead atoms.